The summed E-state index contributed by atoms with van der Waals surface area (Å²) in [6.07, 6.45) is 1.31. The maximum atomic E-state index is 11.9. The van der Waals surface area contributed by atoms with Crippen LogP contribution in [-0.4, -0.2) is 12.5 Å². The summed E-state index contributed by atoms with van der Waals surface area (Å²) < 4.78 is 5.58. The van der Waals surface area contributed by atoms with Crippen molar-refractivity contribution >= 4 is 23.2 Å². The van der Waals surface area contributed by atoms with E-state index in [4.69, 9.17) is 16.3 Å². The van der Waals surface area contributed by atoms with Crippen molar-refractivity contribution in [3.8, 4) is 5.75 Å². The van der Waals surface area contributed by atoms with Crippen LogP contribution in [0.3, 0.4) is 0 Å². The van der Waals surface area contributed by atoms with Crippen LogP contribution in [0, 0.1) is 6.92 Å². The quantitative estimate of drug-likeness (QED) is 0.844. The lowest BCUT2D eigenvalue weighted by Gasteiger charge is -2.10. The van der Waals surface area contributed by atoms with E-state index in [-0.39, 0.29) is 5.91 Å². The number of nitrogens with one attached hydrogen (secondary N) is 1. The second kappa shape index (κ2) is 7.85. The van der Waals surface area contributed by atoms with Gasteiger partial charge in [-0.3, -0.25) is 4.79 Å². The number of hydrogen-bond donors (Lipinski definition) is 1. The maximum absolute atomic E-state index is 11.9. The first-order valence-electron chi connectivity index (χ1n) is 7.36. The van der Waals surface area contributed by atoms with Gasteiger partial charge in [0.2, 0.25) is 5.91 Å². The number of hydrogen-bond acceptors (Lipinski definition) is 2. The highest BCUT2D eigenvalue weighted by molar-refractivity contribution is 6.30. The highest BCUT2D eigenvalue weighted by atomic mass is 35.5. The Morgan fingerprint density at radius 2 is 1.91 bits per heavy atom. The van der Waals surface area contributed by atoms with E-state index in [1.165, 1.54) is 5.56 Å². The average molecular weight is 318 g/mol. The Hall–Kier alpha value is -2.00. The molecule has 0 saturated carbocycles. The highest BCUT2D eigenvalue weighted by Crippen LogP contribution is 2.19. The Bertz CT molecular complexity index is 638. The van der Waals surface area contributed by atoms with Crippen LogP contribution >= 0.6 is 11.6 Å². The van der Waals surface area contributed by atoms with Crippen LogP contribution in [0.25, 0.3) is 0 Å². The van der Waals surface area contributed by atoms with E-state index in [2.05, 4.69) is 12.2 Å². The summed E-state index contributed by atoms with van der Waals surface area (Å²) in [4.78, 5) is 11.9. The molecule has 0 bridgehead atoms. The predicted octanol–water partition coefficient (Wildman–Crippen LogP) is 4.62. The first-order chi connectivity index (χ1) is 10.6. The highest BCUT2D eigenvalue weighted by Gasteiger charge is 2.05. The molecule has 0 heterocycles. The second-order valence-corrected chi connectivity index (χ2v) is 5.54. The van der Waals surface area contributed by atoms with Crippen LogP contribution < -0.4 is 10.1 Å². The third-order valence-electron chi connectivity index (χ3n) is 3.39. The van der Waals surface area contributed by atoms with Gasteiger partial charge < -0.3 is 10.1 Å². The lowest BCUT2D eigenvalue weighted by atomic mass is 10.2. The summed E-state index contributed by atoms with van der Waals surface area (Å²) in [7, 11) is 0. The average Bonchev–Trinajstić information content (AvgIpc) is 2.51. The molecule has 0 aliphatic rings. The van der Waals surface area contributed by atoms with Crippen LogP contribution in [0.4, 0.5) is 5.69 Å². The van der Waals surface area contributed by atoms with E-state index in [9.17, 15) is 4.79 Å². The molecule has 4 heteroatoms. The Labute approximate surface area is 136 Å². The van der Waals surface area contributed by atoms with Gasteiger partial charge in [0.1, 0.15) is 5.75 Å². The van der Waals surface area contributed by atoms with Crippen LogP contribution in [-0.2, 0) is 11.2 Å². The van der Waals surface area contributed by atoms with E-state index in [0.29, 0.717) is 18.1 Å². The SMILES string of the molecule is CCc1ccc(OCCC(=O)Nc2ccc(Cl)cc2C)cc1. The summed E-state index contributed by atoms with van der Waals surface area (Å²) in [6, 6.07) is 13.3. The number of rotatable bonds is 6. The van der Waals surface area contributed by atoms with Gasteiger partial charge in [-0.25, -0.2) is 0 Å². The predicted molar refractivity (Wildman–Crippen MR) is 90.8 cm³/mol. The fourth-order valence-electron chi connectivity index (χ4n) is 2.06. The van der Waals surface area contributed by atoms with Crippen molar-refractivity contribution in [3.63, 3.8) is 0 Å². The number of carbonyl (C=O) groups excluding carboxylic acids is 1. The van der Waals surface area contributed by atoms with Gasteiger partial charge in [0, 0.05) is 10.7 Å². The van der Waals surface area contributed by atoms with Gasteiger partial charge in [-0.1, -0.05) is 30.7 Å². The number of benzene rings is 2. The first kappa shape index (κ1) is 16.4. The number of ether oxygens (including phenoxy) is 1. The number of anilines is 1. The first-order valence-corrected chi connectivity index (χ1v) is 7.74. The molecule has 0 aliphatic heterocycles. The molecule has 1 amide bonds. The number of aryl methyl sites for hydroxylation is 2. The van der Waals surface area contributed by atoms with E-state index >= 15 is 0 Å². The molecule has 0 aromatic heterocycles. The maximum Gasteiger partial charge on any atom is 0.227 e. The van der Waals surface area contributed by atoms with Crippen molar-refractivity contribution in [3.05, 3.63) is 58.6 Å². The van der Waals surface area contributed by atoms with Crippen LogP contribution in [0.2, 0.25) is 5.02 Å². The monoisotopic (exact) mass is 317 g/mol. The standard InChI is InChI=1S/C18H20ClNO2/c1-3-14-4-7-16(8-5-14)22-11-10-18(21)20-17-9-6-15(19)12-13(17)2/h4-9,12H,3,10-11H2,1-2H3,(H,20,21). The zero-order chi connectivity index (χ0) is 15.9. The van der Waals surface area contributed by atoms with Crippen molar-refractivity contribution in [1.29, 1.82) is 0 Å². The third-order valence-corrected chi connectivity index (χ3v) is 3.63. The molecule has 116 valence electrons. The molecule has 0 spiro atoms. The van der Waals surface area contributed by atoms with Crippen molar-refractivity contribution in [2.45, 2.75) is 26.7 Å². The molecule has 2 aromatic carbocycles. The second-order valence-electron chi connectivity index (χ2n) is 5.10. The van der Waals surface area contributed by atoms with Gasteiger partial charge in [-0.2, -0.15) is 0 Å². The van der Waals surface area contributed by atoms with Gasteiger partial charge in [-0.05, 0) is 54.8 Å². The zero-order valence-corrected chi connectivity index (χ0v) is 13.6. The molecule has 0 unspecified atom stereocenters. The lowest BCUT2D eigenvalue weighted by Crippen LogP contribution is -2.15. The topological polar surface area (TPSA) is 38.3 Å². The molecular formula is C18H20ClNO2. The van der Waals surface area contributed by atoms with Crippen LogP contribution in [0.1, 0.15) is 24.5 Å². The van der Waals surface area contributed by atoms with Gasteiger partial charge in [0.05, 0.1) is 13.0 Å². The van der Waals surface area contributed by atoms with Crippen molar-refractivity contribution < 1.29 is 9.53 Å². The van der Waals surface area contributed by atoms with E-state index in [1.54, 1.807) is 12.1 Å². The summed E-state index contributed by atoms with van der Waals surface area (Å²) in [6.45, 7) is 4.37. The third kappa shape index (κ3) is 4.78. The van der Waals surface area contributed by atoms with Crippen molar-refractivity contribution in [2.75, 3.05) is 11.9 Å². The van der Waals surface area contributed by atoms with E-state index in [1.807, 2.05) is 37.3 Å². The number of amides is 1. The molecular weight excluding hydrogens is 298 g/mol. The fraction of sp³-hybridized carbons (Fsp3) is 0.278. The normalized spacial score (nSPS) is 10.3. The molecule has 2 rings (SSSR count). The van der Waals surface area contributed by atoms with E-state index in [0.717, 1.165) is 23.4 Å². The number of halogens is 1. The molecule has 0 aliphatic carbocycles. The zero-order valence-electron chi connectivity index (χ0n) is 12.9. The van der Waals surface area contributed by atoms with Gasteiger partial charge in [-0.15, -0.1) is 0 Å². The molecule has 0 saturated heterocycles. The summed E-state index contributed by atoms with van der Waals surface area (Å²) >= 11 is 5.89. The molecule has 22 heavy (non-hydrogen) atoms. The van der Waals surface area contributed by atoms with Crippen molar-refractivity contribution in [1.82, 2.24) is 0 Å². The van der Waals surface area contributed by atoms with Crippen molar-refractivity contribution in [2.24, 2.45) is 0 Å². The van der Waals surface area contributed by atoms with Crippen LogP contribution in [0.15, 0.2) is 42.5 Å². The summed E-state index contributed by atoms with van der Waals surface area (Å²) in [5.41, 5.74) is 2.99. The van der Waals surface area contributed by atoms with E-state index < -0.39 is 0 Å². The van der Waals surface area contributed by atoms with Gasteiger partial charge >= 0.3 is 0 Å². The molecule has 2 aromatic rings. The van der Waals surface area contributed by atoms with Gasteiger partial charge in [0.15, 0.2) is 0 Å². The Morgan fingerprint density at radius 3 is 2.55 bits per heavy atom. The molecule has 0 fully saturated rings. The smallest absolute Gasteiger partial charge is 0.227 e. The summed E-state index contributed by atoms with van der Waals surface area (Å²) in [5.74, 6) is 0.711. The fourth-order valence-corrected chi connectivity index (χ4v) is 2.29. The Kier molecular flexibility index (Phi) is 5.84. The minimum atomic E-state index is -0.0735. The van der Waals surface area contributed by atoms with Gasteiger partial charge in [0.25, 0.3) is 0 Å². The van der Waals surface area contributed by atoms with Crippen LogP contribution in [0.5, 0.6) is 5.75 Å². The Balaban J connectivity index is 1.79. The Morgan fingerprint density at radius 1 is 1.18 bits per heavy atom. The molecule has 0 radical (unpaired) electrons. The number of carbonyl (C=O) groups is 1. The minimum Gasteiger partial charge on any atom is -0.493 e. The largest absolute Gasteiger partial charge is 0.493 e. The molecule has 3 nitrogen and oxygen atoms in total. The lowest BCUT2D eigenvalue weighted by molar-refractivity contribution is -0.116. The summed E-state index contributed by atoms with van der Waals surface area (Å²) in [5, 5.41) is 3.53. The minimum absolute atomic E-state index is 0.0735. The molecule has 1 N–H and O–H groups in total. The molecule has 0 atom stereocenters.